The Balaban J connectivity index is 2.14. The fourth-order valence-corrected chi connectivity index (χ4v) is 2.71. The van der Waals surface area contributed by atoms with Gasteiger partial charge in [0.05, 0.1) is 4.88 Å². The topological polar surface area (TPSA) is 24.7 Å². The molecule has 0 radical (unpaired) electrons. The summed E-state index contributed by atoms with van der Waals surface area (Å²) in [6.07, 6.45) is -4.44. The van der Waals surface area contributed by atoms with Crippen LogP contribution < -0.4 is 0 Å². The van der Waals surface area contributed by atoms with Crippen LogP contribution in [0.25, 0.3) is 10.1 Å². The SMILES string of the molecule is FC(F)(F)C1(c2cc3ccccc3s2)N=N1. The van der Waals surface area contributed by atoms with Gasteiger partial charge in [-0.15, -0.1) is 21.6 Å². The van der Waals surface area contributed by atoms with Gasteiger partial charge in [0.15, 0.2) is 0 Å². The quantitative estimate of drug-likeness (QED) is 0.719. The van der Waals surface area contributed by atoms with Crippen molar-refractivity contribution in [2.45, 2.75) is 11.8 Å². The lowest BCUT2D eigenvalue weighted by Crippen LogP contribution is -2.29. The van der Waals surface area contributed by atoms with Gasteiger partial charge >= 0.3 is 11.8 Å². The number of nitrogens with zero attached hydrogens (tertiary/aromatic N) is 2. The fraction of sp³-hybridized carbons (Fsp3) is 0.200. The first-order valence-corrected chi connectivity index (χ1v) is 5.34. The molecule has 0 fully saturated rings. The molecule has 0 atom stereocenters. The van der Waals surface area contributed by atoms with E-state index in [0.717, 1.165) is 21.4 Å². The Kier molecular flexibility index (Phi) is 1.72. The number of thiophene rings is 1. The molecule has 2 aromatic rings. The number of alkyl halides is 3. The first-order valence-electron chi connectivity index (χ1n) is 4.53. The zero-order valence-electron chi connectivity index (χ0n) is 7.82. The van der Waals surface area contributed by atoms with Crippen molar-refractivity contribution in [3.63, 3.8) is 0 Å². The van der Waals surface area contributed by atoms with Crippen molar-refractivity contribution in [1.29, 1.82) is 0 Å². The van der Waals surface area contributed by atoms with Gasteiger partial charge in [-0.2, -0.15) is 13.2 Å². The molecule has 0 aliphatic carbocycles. The minimum Gasteiger partial charge on any atom is -0.166 e. The van der Waals surface area contributed by atoms with Crippen LogP contribution in [0.1, 0.15) is 4.88 Å². The highest BCUT2D eigenvalue weighted by atomic mass is 32.1. The summed E-state index contributed by atoms with van der Waals surface area (Å²) in [7, 11) is 0. The molecule has 0 N–H and O–H groups in total. The van der Waals surface area contributed by atoms with Crippen molar-refractivity contribution in [2.24, 2.45) is 10.2 Å². The lowest BCUT2D eigenvalue weighted by atomic mass is 10.1. The normalized spacial score (nSPS) is 17.9. The summed E-state index contributed by atoms with van der Waals surface area (Å²) >= 11 is 1.09. The van der Waals surface area contributed by atoms with Crippen molar-refractivity contribution in [3.05, 3.63) is 35.2 Å². The van der Waals surface area contributed by atoms with E-state index in [1.165, 1.54) is 6.07 Å². The highest BCUT2D eigenvalue weighted by Crippen LogP contribution is 2.54. The lowest BCUT2D eigenvalue weighted by Gasteiger charge is -2.11. The third-order valence-corrected chi connectivity index (χ3v) is 3.68. The molecule has 0 unspecified atom stereocenters. The van der Waals surface area contributed by atoms with Gasteiger partial charge in [0, 0.05) is 4.70 Å². The summed E-state index contributed by atoms with van der Waals surface area (Å²) in [5.74, 6) is 0. The van der Waals surface area contributed by atoms with Gasteiger partial charge < -0.3 is 0 Å². The van der Waals surface area contributed by atoms with Gasteiger partial charge in [0.2, 0.25) is 0 Å². The van der Waals surface area contributed by atoms with Gasteiger partial charge in [0.1, 0.15) is 0 Å². The van der Waals surface area contributed by atoms with Crippen LogP contribution in [0.3, 0.4) is 0 Å². The first kappa shape index (κ1) is 9.77. The summed E-state index contributed by atoms with van der Waals surface area (Å²) < 4.78 is 39.0. The predicted molar refractivity (Wildman–Crippen MR) is 54.4 cm³/mol. The number of rotatable bonds is 1. The Hall–Kier alpha value is -1.43. The summed E-state index contributed by atoms with van der Waals surface area (Å²) in [6.45, 7) is 0. The second-order valence-electron chi connectivity index (χ2n) is 3.52. The monoisotopic (exact) mass is 242 g/mol. The van der Waals surface area contributed by atoms with E-state index >= 15 is 0 Å². The van der Waals surface area contributed by atoms with Gasteiger partial charge in [-0.1, -0.05) is 18.2 Å². The minimum atomic E-state index is -4.44. The Morgan fingerprint density at radius 1 is 1.12 bits per heavy atom. The second-order valence-corrected chi connectivity index (χ2v) is 4.60. The van der Waals surface area contributed by atoms with Crippen LogP contribution in [0, 0.1) is 0 Å². The van der Waals surface area contributed by atoms with Gasteiger partial charge in [-0.3, -0.25) is 0 Å². The number of benzene rings is 1. The zero-order chi connectivity index (χ0) is 11.4. The zero-order valence-corrected chi connectivity index (χ0v) is 8.64. The lowest BCUT2D eigenvalue weighted by molar-refractivity contribution is -0.165. The summed E-state index contributed by atoms with van der Waals surface area (Å²) in [6, 6.07) is 8.66. The maximum absolute atomic E-state index is 12.7. The molecule has 3 rings (SSSR count). The van der Waals surface area contributed by atoms with E-state index in [9.17, 15) is 13.2 Å². The van der Waals surface area contributed by atoms with E-state index in [0.29, 0.717) is 0 Å². The van der Waals surface area contributed by atoms with Crippen molar-refractivity contribution in [2.75, 3.05) is 0 Å². The summed E-state index contributed by atoms with van der Waals surface area (Å²) in [5, 5.41) is 7.16. The second kappa shape index (κ2) is 2.82. The molecule has 1 aliphatic rings. The average molecular weight is 242 g/mol. The van der Waals surface area contributed by atoms with Crippen LogP contribution in [-0.2, 0) is 5.66 Å². The molecule has 2 heterocycles. The molecule has 16 heavy (non-hydrogen) atoms. The molecule has 0 saturated heterocycles. The molecule has 1 aromatic carbocycles. The fourth-order valence-electron chi connectivity index (χ4n) is 1.56. The summed E-state index contributed by atoms with van der Waals surface area (Å²) in [4.78, 5) is 0.140. The minimum absolute atomic E-state index is 0.140. The Morgan fingerprint density at radius 3 is 2.38 bits per heavy atom. The maximum atomic E-state index is 12.7. The Bertz CT molecular complexity index is 546. The van der Waals surface area contributed by atoms with Crippen molar-refractivity contribution < 1.29 is 13.2 Å². The molecule has 0 spiro atoms. The van der Waals surface area contributed by atoms with Crippen LogP contribution in [-0.4, -0.2) is 6.18 Å². The third kappa shape index (κ3) is 1.19. The molecule has 0 bridgehead atoms. The molecule has 0 saturated carbocycles. The van der Waals surface area contributed by atoms with Crippen molar-refractivity contribution in [1.82, 2.24) is 0 Å². The highest BCUT2D eigenvalue weighted by molar-refractivity contribution is 7.19. The molecule has 1 aliphatic heterocycles. The predicted octanol–water partition coefficient (Wildman–Crippen LogP) is 4.08. The number of fused-ring (bicyclic) bond motifs is 1. The highest BCUT2D eigenvalue weighted by Gasteiger charge is 2.66. The number of halogens is 3. The van der Waals surface area contributed by atoms with E-state index in [1.807, 2.05) is 0 Å². The largest absolute Gasteiger partial charge is 0.443 e. The van der Waals surface area contributed by atoms with E-state index in [1.54, 1.807) is 24.3 Å². The van der Waals surface area contributed by atoms with E-state index in [2.05, 4.69) is 10.2 Å². The van der Waals surface area contributed by atoms with Crippen LogP contribution in [0.2, 0.25) is 0 Å². The van der Waals surface area contributed by atoms with E-state index in [4.69, 9.17) is 0 Å². The standard InChI is InChI=1S/C10H5F3N2S/c11-10(12,13)9(14-15-9)8-5-6-3-1-2-4-7(6)16-8/h1-5H. The molecular formula is C10H5F3N2S. The van der Waals surface area contributed by atoms with Gasteiger partial charge in [-0.25, -0.2) is 0 Å². The van der Waals surface area contributed by atoms with Crippen molar-refractivity contribution in [3.8, 4) is 0 Å². The van der Waals surface area contributed by atoms with Crippen LogP contribution in [0.4, 0.5) is 13.2 Å². The van der Waals surface area contributed by atoms with E-state index < -0.39 is 11.8 Å². The average Bonchev–Trinajstić information content (AvgIpc) is 2.92. The van der Waals surface area contributed by atoms with Gasteiger partial charge in [0.25, 0.3) is 0 Å². The Labute approximate surface area is 92.4 Å². The number of hydrogen-bond donors (Lipinski definition) is 0. The smallest absolute Gasteiger partial charge is 0.166 e. The molecule has 0 amide bonds. The van der Waals surface area contributed by atoms with Crippen LogP contribution in [0.5, 0.6) is 0 Å². The number of hydrogen-bond acceptors (Lipinski definition) is 3. The molecular weight excluding hydrogens is 237 g/mol. The molecule has 2 nitrogen and oxygen atoms in total. The third-order valence-electron chi connectivity index (χ3n) is 2.46. The van der Waals surface area contributed by atoms with E-state index in [-0.39, 0.29) is 4.88 Å². The first-order chi connectivity index (χ1) is 7.53. The molecule has 6 heteroatoms. The maximum Gasteiger partial charge on any atom is 0.443 e. The van der Waals surface area contributed by atoms with Crippen LogP contribution in [0.15, 0.2) is 40.6 Å². The Morgan fingerprint density at radius 2 is 1.81 bits per heavy atom. The van der Waals surface area contributed by atoms with Crippen LogP contribution >= 0.6 is 11.3 Å². The molecule has 1 aromatic heterocycles. The molecule has 82 valence electrons. The summed E-state index contributed by atoms with van der Waals surface area (Å²) in [5.41, 5.74) is -2.28. The van der Waals surface area contributed by atoms with Crippen molar-refractivity contribution >= 4 is 21.4 Å². The van der Waals surface area contributed by atoms with Gasteiger partial charge in [-0.05, 0) is 17.5 Å².